The molecule has 164 valence electrons. The van der Waals surface area contributed by atoms with E-state index >= 15 is 0 Å². The van der Waals surface area contributed by atoms with Crippen LogP contribution < -0.4 is 5.32 Å². The Balaban J connectivity index is 1.48. The maximum Gasteiger partial charge on any atom is 0.270 e. The maximum absolute atomic E-state index is 13.4. The number of furan rings is 1. The highest BCUT2D eigenvalue weighted by molar-refractivity contribution is 5.94. The first kappa shape index (κ1) is 21.3. The van der Waals surface area contributed by atoms with Crippen LogP contribution in [-0.4, -0.2) is 46.3 Å². The van der Waals surface area contributed by atoms with Crippen LogP contribution >= 0.6 is 0 Å². The molecular formula is C24H29FN4O2. The van der Waals surface area contributed by atoms with E-state index in [-0.39, 0.29) is 11.7 Å². The second-order valence-corrected chi connectivity index (χ2v) is 8.20. The van der Waals surface area contributed by atoms with E-state index in [2.05, 4.69) is 22.2 Å². The molecule has 1 aromatic carbocycles. The molecule has 3 aromatic rings. The number of rotatable bonds is 7. The average Bonchev–Trinajstić information content (AvgIpc) is 3.39. The summed E-state index contributed by atoms with van der Waals surface area (Å²) in [6.07, 6.45) is 4.70. The molecule has 1 unspecified atom stereocenters. The average molecular weight is 425 g/mol. The number of halogens is 1. The summed E-state index contributed by atoms with van der Waals surface area (Å²) in [5.74, 6) is 0.810. The molecule has 4 rings (SSSR count). The fourth-order valence-corrected chi connectivity index (χ4v) is 4.08. The van der Waals surface area contributed by atoms with Crippen molar-refractivity contribution in [1.82, 2.24) is 20.0 Å². The molecular weight excluding hydrogens is 395 g/mol. The van der Waals surface area contributed by atoms with E-state index in [1.807, 2.05) is 19.1 Å². The van der Waals surface area contributed by atoms with Gasteiger partial charge in [0, 0.05) is 25.2 Å². The number of nitrogens with one attached hydrogen (secondary N) is 1. The molecule has 0 spiro atoms. The van der Waals surface area contributed by atoms with Crippen LogP contribution in [0.25, 0.3) is 17.1 Å². The molecule has 0 bridgehead atoms. The van der Waals surface area contributed by atoms with Crippen molar-refractivity contribution in [3.05, 3.63) is 59.7 Å². The van der Waals surface area contributed by atoms with Crippen LogP contribution in [0.3, 0.4) is 0 Å². The van der Waals surface area contributed by atoms with E-state index in [4.69, 9.17) is 4.42 Å². The van der Waals surface area contributed by atoms with Crippen LogP contribution in [0.1, 0.15) is 48.9 Å². The predicted molar refractivity (Wildman–Crippen MR) is 118 cm³/mol. The van der Waals surface area contributed by atoms with E-state index in [1.54, 1.807) is 18.2 Å². The molecule has 7 heteroatoms. The standard InChI is InChI=1S/C24H29FN4O2/c1-17-6-3-4-14-28(17)15-5-13-26-24(30)22-16-21(23-12-7-18(2)31-23)27-29(22)20-10-8-19(25)9-11-20/h7-12,16-17H,3-6,13-15H2,1-2H3,(H,26,30). The second kappa shape index (κ2) is 9.47. The second-order valence-electron chi connectivity index (χ2n) is 8.20. The van der Waals surface area contributed by atoms with Crippen LogP contribution in [0, 0.1) is 12.7 Å². The van der Waals surface area contributed by atoms with Gasteiger partial charge in [-0.1, -0.05) is 6.42 Å². The third-order valence-corrected chi connectivity index (χ3v) is 5.85. The number of hydrogen-bond donors (Lipinski definition) is 1. The van der Waals surface area contributed by atoms with E-state index in [1.165, 1.54) is 36.1 Å². The highest BCUT2D eigenvalue weighted by Crippen LogP contribution is 2.24. The number of aromatic nitrogens is 2. The van der Waals surface area contributed by atoms with Crippen LogP contribution in [-0.2, 0) is 0 Å². The van der Waals surface area contributed by atoms with Gasteiger partial charge in [0.2, 0.25) is 0 Å². The van der Waals surface area contributed by atoms with Crippen molar-refractivity contribution in [3.8, 4) is 17.1 Å². The van der Waals surface area contributed by atoms with Crippen molar-refractivity contribution in [2.45, 2.75) is 45.6 Å². The highest BCUT2D eigenvalue weighted by Gasteiger charge is 2.20. The van der Waals surface area contributed by atoms with Crippen LogP contribution in [0.5, 0.6) is 0 Å². The summed E-state index contributed by atoms with van der Waals surface area (Å²) < 4.78 is 20.6. The molecule has 0 aliphatic carbocycles. The summed E-state index contributed by atoms with van der Waals surface area (Å²) in [4.78, 5) is 15.5. The van der Waals surface area contributed by atoms with E-state index in [9.17, 15) is 9.18 Å². The zero-order valence-corrected chi connectivity index (χ0v) is 18.1. The molecule has 0 radical (unpaired) electrons. The molecule has 1 atom stereocenters. The monoisotopic (exact) mass is 424 g/mol. The fourth-order valence-electron chi connectivity index (χ4n) is 4.08. The normalized spacial score (nSPS) is 17.1. The molecule has 6 nitrogen and oxygen atoms in total. The molecule has 1 amide bonds. The first-order valence-corrected chi connectivity index (χ1v) is 11.0. The zero-order chi connectivity index (χ0) is 21.8. The molecule has 1 fully saturated rings. The van der Waals surface area contributed by atoms with Crippen molar-refractivity contribution in [2.75, 3.05) is 19.6 Å². The Hall–Kier alpha value is -2.93. The Bertz CT molecular complexity index is 1020. The lowest BCUT2D eigenvalue weighted by molar-refractivity contribution is 0.0941. The predicted octanol–water partition coefficient (Wildman–Crippen LogP) is 4.57. The van der Waals surface area contributed by atoms with Crippen LogP contribution in [0.4, 0.5) is 4.39 Å². The van der Waals surface area contributed by atoms with Crippen molar-refractivity contribution >= 4 is 5.91 Å². The van der Waals surface area contributed by atoms with Crippen LogP contribution in [0.2, 0.25) is 0 Å². The van der Waals surface area contributed by atoms with Gasteiger partial charge in [-0.3, -0.25) is 4.79 Å². The summed E-state index contributed by atoms with van der Waals surface area (Å²) >= 11 is 0. The third-order valence-electron chi connectivity index (χ3n) is 5.85. The third kappa shape index (κ3) is 5.05. The maximum atomic E-state index is 13.4. The molecule has 1 N–H and O–H groups in total. The lowest BCUT2D eigenvalue weighted by atomic mass is 10.0. The first-order chi connectivity index (χ1) is 15.0. The van der Waals surface area contributed by atoms with Crippen LogP contribution in [0.15, 0.2) is 46.9 Å². The zero-order valence-electron chi connectivity index (χ0n) is 18.1. The van der Waals surface area contributed by atoms with E-state index < -0.39 is 0 Å². The van der Waals surface area contributed by atoms with Gasteiger partial charge in [0.05, 0.1) is 5.69 Å². The van der Waals surface area contributed by atoms with Gasteiger partial charge in [-0.25, -0.2) is 9.07 Å². The first-order valence-electron chi connectivity index (χ1n) is 11.0. The highest BCUT2D eigenvalue weighted by atomic mass is 19.1. The molecule has 1 aliphatic rings. The van der Waals surface area contributed by atoms with Gasteiger partial charge >= 0.3 is 0 Å². The molecule has 3 heterocycles. The summed E-state index contributed by atoms with van der Waals surface area (Å²) in [7, 11) is 0. The Labute approximate surface area is 182 Å². The molecule has 0 saturated carbocycles. The minimum Gasteiger partial charge on any atom is -0.460 e. The number of hydrogen-bond acceptors (Lipinski definition) is 4. The van der Waals surface area contributed by atoms with Crippen molar-refractivity contribution in [1.29, 1.82) is 0 Å². The van der Waals surface area contributed by atoms with Gasteiger partial charge in [-0.2, -0.15) is 5.10 Å². The largest absolute Gasteiger partial charge is 0.460 e. The number of amides is 1. The SMILES string of the molecule is Cc1ccc(-c2cc(C(=O)NCCCN3CCCCC3C)n(-c3ccc(F)cc3)n2)o1. The number of likely N-dealkylation sites (tertiary alicyclic amines) is 1. The topological polar surface area (TPSA) is 63.3 Å². The lowest BCUT2D eigenvalue weighted by Crippen LogP contribution is -2.39. The molecule has 31 heavy (non-hydrogen) atoms. The summed E-state index contributed by atoms with van der Waals surface area (Å²) in [5, 5.41) is 7.57. The number of piperidine rings is 1. The lowest BCUT2D eigenvalue weighted by Gasteiger charge is -2.33. The number of benzene rings is 1. The van der Waals surface area contributed by atoms with E-state index in [0.717, 1.165) is 25.3 Å². The Morgan fingerprint density at radius 3 is 2.74 bits per heavy atom. The summed E-state index contributed by atoms with van der Waals surface area (Å²) in [6, 6.07) is 11.9. The molecule has 2 aromatic heterocycles. The summed E-state index contributed by atoms with van der Waals surface area (Å²) in [6.45, 7) is 6.84. The van der Waals surface area contributed by atoms with Crippen molar-refractivity contribution in [3.63, 3.8) is 0 Å². The number of carbonyl (C=O) groups is 1. The number of aryl methyl sites for hydroxylation is 1. The summed E-state index contributed by atoms with van der Waals surface area (Å²) in [5.41, 5.74) is 1.56. The smallest absolute Gasteiger partial charge is 0.270 e. The minimum absolute atomic E-state index is 0.210. The van der Waals surface area contributed by atoms with Gasteiger partial charge in [-0.05, 0) is 76.1 Å². The number of carbonyl (C=O) groups excluding carboxylic acids is 1. The van der Waals surface area contributed by atoms with Gasteiger partial charge in [0.1, 0.15) is 23.0 Å². The fraction of sp³-hybridized carbons (Fsp3) is 0.417. The number of nitrogens with zero attached hydrogens (tertiary/aromatic N) is 3. The van der Waals surface area contributed by atoms with Crippen molar-refractivity contribution in [2.24, 2.45) is 0 Å². The quantitative estimate of drug-likeness (QED) is 0.564. The van der Waals surface area contributed by atoms with Gasteiger partial charge in [0.15, 0.2) is 5.76 Å². The Kier molecular flexibility index (Phi) is 6.51. The van der Waals surface area contributed by atoms with Crippen molar-refractivity contribution < 1.29 is 13.6 Å². The molecule has 1 aliphatic heterocycles. The molecule has 1 saturated heterocycles. The Morgan fingerprint density at radius 1 is 1.23 bits per heavy atom. The van der Waals surface area contributed by atoms with Gasteiger partial charge in [0.25, 0.3) is 5.91 Å². The minimum atomic E-state index is -0.337. The van der Waals surface area contributed by atoms with Gasteiger partial charge < -0.3 is 14.6 Å². The van der Waals surface area contributed by atoms with E-state index in [0.29, 0.717) is 35.4 Å². The van der Waals surface area contributed by atoms with Gasteiger partial charge in [-0.15, -0.1) is 0 Å². The Morgan fingerprint density at radius 2 is 2.03 bits per heavy atom.